The van der Waals surface area contributed by atoms with E-state index >= 15 is 0 Å². The SMILES string of the molecule is NC(=O)C(NC(=O)c1ccccc1[N+](=O)[O-])c1ccccc1. The molecule has 0 aromatic heterocycles. The van der Waals surface area contributed by atoms with Gasteiger partial charge >= 0.3 is 0 Å². The largest absolute Gasteiger partial charge is 0.368 e. The first-order valence-electron chi connectivity index (χ1n) is 6.39. The van der Waals surface area contributed by atoms with Gasteiger partial charge in [-0.15, -0.1) is 0 Å². The molecular formula is C15H13N3O4. The van der Waals surface area contributed by atoms with E-state index in [1.54, 1.807) is 30.3 Å². The van der Waals surface area contributed by atoms with Gasteiger partial charge in [-0.05, 0) is 11.6 Å². The average Bonchev–Trinajstić information content (AvgIpc) is 2.52. The molecule has 0 fully saturated rings. The fourth-order valence-electron chi connectivity index (χ4n) is 2.00. The normalized spacial score (nSPS) is 11.5. The highest BCUT2D eigenvalue weighted by Gasteiger charge is 2.25. The molecule has 0 bridgehead atoms. The second-order valence-electron chi connectivity index (χ2n) is 4.49. The lowest BCUT2D eigenvalue weighted by Gasteiger charge is -2.15. The summed E-state index contributed by atoms with van der Waals surface area (Å²) in [5.74, 6) is -1.49. The number of para-hydroxylation sites is 1. The molecule has 2 amide bonds. The van der Waals surface area contributed by atoms with Crippen LogP contribution >= 0.6 is 0 Å². The third kappa shape index (κ3) is 3.26. The zero-order valence-corrected chi connectivity index (χ0v) is 11.4. The summed E-state index contributed by atoms with van der Waals surface area (Å²) in [5, 5.41) is 13.4. The van der Waals surface area contributed by atoms with Crippen molar-refractivity contribution in [3.05, 3.63) is 75.8 Å². The van der Waals surface area contributed by atoms with Gasteiger partial charge < -0.3 is 11.1 Å². The average molecular weight is 299 g/mol. The van der Waals surface area contributed by atoms with Crippen molar-refractivity contribution in [2.75, 3.05) is 0 Å². The van der Waals surface area contributed by atoms with Crippen molar-refractivity contribution in [3.63, 3.8) is 0 Å². The van der Waals surface area contributed by atoms with Crippen LogP contribution in [0.25, 0.3) is 0 Å². The van der Waals surface area contributed by atoms with Crippen LogP contribution in [0.4, 0.5) is 5.69 Å². The number of primary amides is 1. The van der Waals surface area contributed by atoms with E-state index in [-0.39, 0.29) is 11.3 Å². The lowest BCUT2D eigenvalue weighted by Crippen LogP contribution is -2.37. The highest BCUT2D eigenvalue weighted by Crippen LogP contribution is 2.19. The molecular weight excluding hydrogens is 286 g/mol. The van der Waals surface area contributed by atoms with Gasteiger partial charge in [0.25, 0.3) is 11.6 Å². The van der Waals surface area contributed by atoms with Crippen molar-refractivity contribution in [1.29, 1.82) is 0 Å². The zero-order chi connectivity index (χ0) is 16.1. The molecule has 0 aliphatic heterocycles. The second kappa shape index (κ2) is 6.49. The van der Waals surface area contributed by atoms with E-state index in [4.69, 9.17) is 5.73 Å². The minimum absolute atomic E-state index is 0.130. The van der Waals surface area contributed by atoms with Crippen LogP contribution in [0, 0.1) is 10.1 Å². The predicted octanol–water partition coefficient (Wildman–Crippen LogP) is 1.55. The molecule has 7 heteroatoms. The third-order valence-corrected chi connectivity index (χ3v) is 3.04. The molecule has 0 heterocycles. The highest BCUT2D eigenvalue weighted by molar-refractivity contribution is 6.00. The molecule has 0 spiro atoms. The Morgan fingerprint density at radius 1 is 1.05 bits per heavy atom. The summed E-state index contributed by atoms with van der Waals surface area (Å²) >= 11 is 0. The number of hydrogen-bond donors (Lipinski definition) is 2. The van der Waals surface area contributed by atoms with Gasteiger partial charge in [0, 0.05) is 6.07 Å². The minimum atomic E-state index is -1.06. The number of nitrogens with one attached hydrogen (secondary N) is 1. The standard InChI is InChI=1S/C15H13N3O4/c16-14(19)13(10-6-2-1-3-7-10)17-15(20)11-8-4-5-9-12(11)18(21)22/h1-9,13H,(H2,16,19)(H,17,20). The van der Waals surface area contributed by atoms with Crippen LogP contribution in [0.5, 0.6) is 0 Å². The van der Waals surface area contributed by atoms with Crippen molar-refractivity contribution in [2.45, 2.75) is 6.04 Å². The van der Waals surface area contributed by atoms with Crippen LogP contribution in [0.1, 0.15) is 22.0 Å². The fraction of sp³-hybridized carbons (Fsp3) is 0.0667. The number of nitro groups is 1. The number of amides is 2. The minimum Gasteiger partial charge on any atom is -0.368 e. The van der Waals surface area contributed by atoms with Crippen LogP contribution in [-0.2, 0) is 4.79 Å². The van der Waals surface area contributed by atoms with Gasteiger partial charge in [-0.3, -0.25) is 19.7 Å². The molecule has 1 atom stereocenters. The Morgan fingerprint density at radius 2 is 1.64 bits per heavy atom. The molecule has 0 aliphatic rings. The fourth-order valence-corrected chi connectivity index (χ4v) is 2.00. The predicted molar refractivity (Wildman–Crippen MR) is 78.9 cm³/mol. The van der Waals surface area contributed by atoms with Gasteiger partial charge in [0.2, 0.25) is 5.91 Å². The van der Waals surface area contributed by atoms with E-state index in [1.807, 2.05) is 0 Å². The molecule has 0 saturated carbocycles. The van der Waals surface area contributed by atoms with E-state index < -0.39 is 22.8 Å². The first-order valence-corrected chi connectivity index (χ1v) is 6.39. The molecule has 7 nitrogen and oxygen atoms in total. The van der Waals surface area contributed by atoms with Gasteiger partial charge in [0.1, 0.15) is 11.6 Å². The first-order chi connectivity index (χ1) is 10.5. The Hall–Kier alpha value is -3.22. The van der Waals surface area contributed by atoms with Gasteiger partial charge in [-0.2, -0.15) is 0 Å². The van der Waals surface area contributed by atoms with Crippen LogP contribution < -0.4 is 11.1 Å². The summed E-state index contributed by atoms with van der Waals surface area (Å²) in [5.41, 5.74) is 5.34. The third-order valence-electron chi connectivity index (χ3n) is 3.04. The number of benzene rings is 2. The van der Waals surface area contributed by atoms with Crippen molar-refractivity contribution in [1.82, 2.24) is 5.32 Å². The Morgan fingerprint density at radius 3 is 2.23 bits per heavy atom. The lowest BCUT2D eigenvalue weighted by atomic mass is 10.1. The number of rotatable bonds is 5. The van der Waals surface area contributed by atoms with E-state index in [0.29, 0.717) is 5.56 Å². The number of carbonyl (C=O) groups is 2. The maximum absolute atomic E-state index is 12.2. The van der Waals surface area contributed by atoms with Gasteiger partial charge in [-0.1, -0.05) is 42.5 Å². The van der Waals surface area contributed by atoms with E-state index in [1.165, 1.54) is 24.3 Å². The number of hydrogen-bond acceptors (Lipinski definition) is 4. The highest BCUT2D eigenvalue weighted by atomic mass is 16.6. The molecule has 2 aromatic rings. The molecule has 0 aliphatic carbocycles. The quantitative estimate of drug-likeness (QED) is 0.643. The van der Waals surface area contributed by atoms with Crippen molar-refractivity contribution < 1.29 is 14.5 Å². The van der Waals surface area contributed by atoms with Crippen LogP contribution in [0.3, 0.4) is 0 Å². The molecule has 1 unspecified atom stereocenters. The Labute approximate surface area is 125 Å². The van der Waals surface area contributed by atoms with E-state index in [9.17, 15) is 19.7 Å². The summed E-state index contributed by atoms with van der Waals surface area (Å²) in [6.45, 7) is 0. The number of nitro benzene ring substituents is 1. The lowest BCUT2D eigenvalue weighted by molar-refractivity contribution is -0.385. The number of nitrogens with zero attached hydrogens (tertiary/aromatic N) is 1. The Kier molecular flexibility index (Phi) is 4.47. The van der Waals surface area contributed by atoms with Gasteiger partial charge in [0.05, 0.1) is 4.92 Å². The summed E-state index contributed by atoms with van der Waals surface area (Å²) in [7, 11) is 0. The van der Waals surface area contributed by atoms with Crippen molar-refractivity contribution in [3.8, 4) is 0 Å². The maximum atomic E-state index is 12.2. The summed E-state index contributed by atoms with van der Waals surface area (Å²) in [6, 6.07) is 12.9. The van der Waals surface area contributed by atoms with Crippen molar-refractivity contribution in [2.24, 2.45) is 5.73 Å². The smallest absolute Gasteiger partial charge is 0.282 e. The second-order valence-corrected chi connectivity index (χ2v) is 4.49. The molecule has 112 valence electrons. The topological polar surface area (TPSA) is 115 Å². The monoisotopic (exact) mass is 299 g/mol. The summed E-state index contributed by atoms with van der Waals surface area (Å²) in [4.78, 5) is 34.1. The maximum Gasteiger partial charge on any atom is 0.282 e. The van der Waals surface area contributed by atoms with E-state index in [2.05, 4.69) is 5.32 Å². The molecule has 0 saturated heterocycles. The van der Waals surface area contributed by atoms with Crippen LogP contribution in [0.2, 0.25) is 0 Å². The van der Waals surface area contributed by atoms with E-state index in [0.717, 1.165) is 0 Å². The number of carbonyl (C=O) groups excluding carboxylic acids is 2. The molecule has 3 N–H and O–H groups in total. The summed E-state index contributed by atoms with van der Waals surface area (Å²) < 4.78 is 0. The molecule has 2 rings (SSSR count). The van der Waals surface area contributed by atoms with Crippen LogP contribution in [0.15, 0.2) is 54.6 Å². The van der Waals surface area contributed by atoms with Crippen LogP contribution in [-0.4, -0.2) is 16.7 Å². The molecule has 2 aromatic carbocycles. The zero-order valence-electron chi connectivity index (χ0n) is 11.4. The summed E-state index contributed by atoms with van der Waals surface area (Å²) in [6.07, 6.45) is 0. The molecule has 22 heavy (non-hydrogen) atoms. The van der Waals surface area contributed by atoms with Gasteiger partial charge in [-0.25, -0.2) is 0 Å². The Balaban J connectivity index is 2.30. The molecule has 0 radical (unpaired) electrons. The Bertz CT molecular complexity index is 716. The van der Waals surface area contributed by atoms with Crippen molar-refractivity contribution >= 4 is 17.5 Å². The first kappa shape index (κ1) is 15.2. The van der Waals surface area contributed by atoms with Gasteiger partial charge in [0.15, 0.2) is 0 Å². The number of nitrogens with two attached hydrogens (primary N) is 1.